The summed E-state index contributed by atoms with van der Waals surface area (Å²) in [6.07, 6.45) is 0.972. The van der Waals surface area contributed by atoms with Crippen molar-refractivity contribution in [2.45, 2.75) is 45.6 Å². The van der Waals surface area contributed by atoms with Crippen LogP contribution in [0.5, 0.6) is 0 Å². The van der Waals surface area contributed by atoms with E-state index in [4.69, 9.17) is 9.63 Å². The molecule has 0 unspecified atom stereocenters. The fourth-order valence-corrected chi connectivity index (χ4v) is 1.79. The minimum absolute atomic E-state index is 0.109. The van der Waals surface area contributed by atoms with Gasteiger partial charge in [-0.2, -0.15) is 0 Å². The van der Waals surface area contributed by atoms with Gasteiger partial charge in [-0.05, 0) is 19.8 Å². The lowest BCUT2D eigenvalue weighted by molar-refractivity contribution is -0.138. The van der Waals surface area contributed by atoms with E-state index in [1.165, 1.54) is 6.07 Å². The molecule has 2 N–H and O–H groups in total. The minimum atomic E-state index is -0.935. The zero-order valence-corrected chi connectivity index (χ0v) is 10.8. The van der Waals surface area contributed by atoms with E-state index in [1.54, 1.807) is 6.92 Å². The van der Waals surface area contributed by atoms with Gasteiger partial charge in [0.25, 0.3) is 5.91 Å². The molecule has 0 fully saturated rings. The molecule has 0 radical (unpaired) electrons. The molecule has 1 aromatic heterocycles. The number of carboxylic acid groups (broad SMARTS) is 1. The highest BCUT2D eigenvalue weighted by atomic mass is 16.5. The number of rotatable bonds is 6. The van der Waals surface area contributed by atoms with Crippen LogP contribution >= 0.6 is 0 Å². The van der Waals surface area contributed by atoms with Gasteiger partial charge in [0.05, 0.1) is 12.0 Å². The summed E-state index contributed by atoms with van der Waals surface area (Å²) >= 11 is 0. The van der Waals surface area contributed by atoms with Crippen molar-refractivity contribution in [3.05, 3.63) is 17.5 Å². The second-order valence-electron chi connectivity index (χ2n) is 4.33. The van der Waals surface area contributed by atoms with Crippen molar-refractivity contribution in [2.24, 2.45) is 0 Å². The maximum absolute atomic E-state index is 11.9. The average Bonchev–Trinajstić information content (AvgIpc) is 2.74. The average molecular weight is 254 g/mol. The van der Waals surface area contributed by atoms with E-state index in [-0.39, 0.29) is 12.1 Å². The SMILES string of the molecule is CCC(CC)(CC(=O)O)NC(=O)c1cc(C)on1. The molecule has 0 saturated heterocycles. The number of aryl methyl sites for hydroxylation is 1. The molecule has 18 heavy (non-hydrogen) atoms. The number of hydrogen-bond acceptors (Lipinski definition) is 4. The van der Waals surface area contributed by atoms with E-state index < -0.39 is 17.4 Å². The van der Waals surface area contributed by atoms with Gasteiger partial charge in [0.15, 0.2) is 5.69 Å². The molecule has 1 aromatic rings. The van der Waals surface area contributed by atoms with Crippen LogP contribution in [0.1, 0.15) is 49.4 Å². The summed E-state index contributed by atoms with van der Waals surface area (Å²) in [5, 5.41) is 15.3. The van der Waals surface area contributed by atoms with Gasteiger partial charge in [-0.15, -0.1) is 0 Å². The maximum Gasteiger partial charge on any atom is 0.305 e. The number of amides is 1. The lowest BCUT2D eigenvalue weighted by Crippen LogP contribution is -2.49. The first-order chi connectivity index (χ1) is 8.42. The van der Waals surface area contributed by atoms with E-state index in [9.17, 15) is 9.59 Å². The Morgan fingerprint density at radius 3 is 2.44 bits per heavy atom. The van der Waals surface area contributed by atoms with Gasteiger partial charge in [-0.1, -0.05) is 19.0 Å². The Kier molecular flexibility index (Phi) is 4.47. The third-order valence-corrected chi connectivity index (χ3v) is 3.08. The maximum atomic E-state index is 11.9. The molecular weight excluding hydrogens is 236 g/mol. The molecule has 0 atom stereocenters. The van der Waals surface area contributed by atoms with Gasteiger partial charge in [-0.25, -0.2) is 0 Å². The van der Waals surface area contributed by atoms with Gasteiger partial charge < -0.3 is 14.9 Å². The monoisotopic (exact) mass is 254 g/mol. The lowest BCUT2D eigenvalue weighted by Gasteiger charge is -2.30. The molecule has 0 bridgehead atoms. The van der Waals surface area contributed by atoms with Gasteiger partial charge in [0.1, 0.15) is 5.76 Å². The standard InChI is InChI=1S/C12H18N2O4/c1-4-12(5-2,7-10(15)16)13-11(17)9-6-8(3)18-14-9/h6H,4-5,7H2,1-3H3,(H,13,17)(H,15,16). The van der Waals surface area contributed by atoms with Crippen molar-refractivity contribution < 1.29 is 19.2 Å². The van der Waals surface area contributed by atoms with E-state index in [2.05, 4.69) is 10.5 Å². The fraction of sp³-hybridized carbons (Fsp3) is 0.583. The number of carbonyl (C=O) groups is 2. The van der Waals surface area contributed by atoms with Crippen LogP contribution in [0.4, 0.5) is 0 Å². The van der Waals surface area contributed by atoms with E-state index in [0.29, 0.717) is 18.6 Å². The van der Waals surface area contributed by atoms with E-state index in [1.807, 2.05) is 13.8 Å². The fourth-order valence-electron chi connectivity index (χ4n) is 1.79. The second kappa shape index (κ2) is 5.66. The zero-order valence-electron chi connectivity index (χ0n) is 10.8. The molecule has 0 saturated carbocycles. The quantitative estimate of drug-likeness (QED) is 0.806. The number of hydrogen-bond donors (Lipinski definition) is 2. The van der Waals surface area contributed by atoms with Crippen LogP contribution in [0.3, 0.4) is 0 Å². The van der Waals surface area contributed by atoms with Crippen molar-refractivity contribution >= 4 is 11.9 Å². The van der Waals surface area contributed by atoms with Crippen molar-refractivity contribution in [1.29, 1.82) is 0 Å². The molecule has 100 valence electrons. The van der Waals surface area contributed by atoms with Crippen molar-refractivity contribution in [3.63, 3.8) is 0 Å². The first kappa shape index (κ1) is 14.2. The molecule has 1 heterocycles. The normalized spacial score (nSPS) is 11.3. The second-order valence-corrected chi connectivity index (χ2v) is 4.33. The third kappa shape index (κ3) is 3.32. The van der Waals surface area contributed by atoms with Crippen molar-refractivity contribution in [3.8, 4) is 0 Å². The van der Waals surface area contributed by atoms with Crippen LogP contribution < -0.4 is 5.32 Å². The largest absolute Gasteiger partial charge is 0.481 e. The number of aromatic nitrogens is 1. The Bertz CT molecular complexity index is 435. The summed E-state index contributed by atoms with van der Waals surface area (Å²) in [6.45, 7) is 5.38. The molecule has 6 heteroatoms. The van der Waals surface area contributed by atoms with Crippen LogP contribution in [0.25, 0.3) is 0 Å². The van der Waals surface area contributed by atoms with Gasteiger partial charge in [-0.3, -0.25) is 9.59 Å². The predicted octanol–water partition coefficient (Wildman–Crippen LogP) is 1.75. The Balaban J connectivity index is 2.83. The van der Waals surface area contributed by atoms with Crippen LogP contribution in [0.2, 0.25) is 0 Å². The highest BCUT2D eigenvalue weighted by Crippen LogP contribution is 2.20. The van der Waals surface area contributed by atoms with Crippen LogP contribution in [0, 0.1) is 6.92 Å². The summed E-state index contributed by atoms with van der Waals surface area (Å²) in [4.78, 5) is 22.8. The summed E-state index contributed by atoms with van der Waals surface area (Å²) < 4.78 is 4.82. The smallest absolute Gasteiger partial charge is 0.305 e. The molecule has 0 aliphatic carbocycles. The molecule has 1 amide bonds. The minimum Gasteiger partial charge on any atom is -0.481 e. The molecule has 0 aliphatic heterocycles. The van der Waals surface area contributed by atoms with Crippen LogP contribution in [0.15, 0.2) is 10.6 Å². The Morgan fingerprint density at radius 1 is 1.44 bits per heavy atom. The third-order valence-electron chi connectivity index (χ3n) is 3.08. The Morgan fingerprint density at radius 2 is 2.06 bits per heavy atom. The Labute approximate surface area is 105 Å². The van der Waals surface area contributed by atoms with Gasteiger partial charge >= 0.3 is 5.97 Å². The van der Waals surface area contributed by atoms with Crippen LogP contribution in [-0.4, -0.2) is 27.7 Å². The van der Waals surface area contributed by atoms with Crippen molar-refractivity contribution in [1.82, 2.24) is 10.5 Å². The highest BCUT2D eigenvalue weighted by molar-refractivity contribution is 5.93. The van der Waals surface area contributed by atoms with Gasteiger partial charge in [0, 0.05) is 6.07 Å². The Hall–Kier alpha value is -1.85. The molecule has 0 aliphatic rings. The summed E-state index contributed by atoms with van der Waals surface area (Å²) in [6, 6.07) is 1.52. The zero-order chi connectivity index (χ0) is 13.8. The first-order valence-electron chi connectivity index (χ1n) is 5.90. The van der Waals surface area contributed by atoms with E-state index in [0.717, 1.165) is 0 Å². The van der Waals surface area contributed by atoms with Crippen LogP contribution in [-0.2, 0) is 4.79 Å². The lowest BCUT2D eigenvalue weighted by atomic mass is 9.89. The number of aliphatic carboxylic acids is 1. The molecule has 0 spiro atoms. The molecule has 1 rings (SSSR count). The number of nitrogens with one attached hydrogen (secondary N) is 1. The van der Waals surface area contributed by atoms with Gasteiger partial charge in [0.2, 0.25) is 0 Å². The number of carboxylic acids is 1. The summed E-state index contributed by atoms with van der Waals surface area (Å²) in [5.74, 6) is -0.802. The number of carbonyl (C=O) groups excluding carboxylic acids is 1. The molecular formula is C12H18N2O4. The molecule has 6 nitrogen and oxygen atoms in total. The summed E-state index contributed by atoms with van der Waals surface area (Å²) in [7, 11) is 0. The predicted molar refractivity (Wildman–Crippen MR) is 64.3 cm³/mol. The van der Waals surface area contributed by atoms with Crippen molar-refractivity contribution in [2.75, 3.05) is 0 Å². The van der Waals surface area contributed by atoms with E-state index >= 15 is 0 Å². The summed E-state index contributed by atoms with van der Waals surface area (Å²) in [5.41, 5.74) is -0.570. The number of nitrogens with zero attached hydrogens (tertiary/aromatic N) is 1. The topological polar surface area (TPSA) is 92.4 Å². The molecule has 0 aromatic carbocycles. The first-order valence-corrected chi connectivity index (χ1v) is 5.90. The highest BCUT2D eigenvalue weighted by Gasteiger charge is 2.32.